The molecule has 0 radical (unpaired) electrons. The van der Waals surface area contributed by atoms with Crippen LogP contribution in [0.4, 0.5) is 4.39 Å². The molecule has 1 fully saturated rings. The molecule has 1 unspecified atom stereocenters. The second-order valence-electron chi connectivity index (χ2n) is 4.11. The molecule has 0 saturated carbocycles. The van der Waals surface area contributed by atoms with Gasteiger partial charge in [-0.15, -0.1) is 0 Å². The predicted octanol–water partition coefficient (Wildman–Crippen LogP) is 2.85. The van der Waals surface area contributed by atoms with Crippen LogP contribution >= 0.6 is 0 Å². The first-order chi connectivity index (χ1) is 7.90. The topological polar surface area (TPSA) is 21.3 Å². The van der Waals surface area contributed by atoms with E-state index in [0.29, 0.717) is 6.04 Å². The summed E-state index contributed by atoms with van der Waals surface area (Å²) < 4.78 is 17.1. The van der Waals surface area contributed by atoms with Gasteiger partial charge in [-0.05, 0) is 37.1 Å². The number of hydrogen-bond acceptors (Lipinski definition) is 2. The molecule has 88 valence electrons. The third kappa shape index (κ3) is 2.95. The van der Waals surface area contributed by atoms with Crippen LogP contribution < -0.4 is 10.1 Å². The van der Waals surface area contributed by atoms with Crippen molar-refractivity contribution in [1.29, 1.82) is 0 Å². The number of hydrogen-bond donors (Lipinski definition) is 1. The average Bonchev–Trinajstić information content (AvgIpc) is 2.38. The molecule has 2 nitrogen and oxygen atoms in total. The molecule has 1 N–H and O–H groups in total. The second kappa shape index (κ2) is 5.85. The molecule has 16 heavy (non-hydrogen) atoms. The van der Waals surface area contributed by atoms with E-state index in [0.717, 1.165) is 12.3 Å². The lowest BCUT2D eigenvalue weighted by Crippen LogP contribution is -2.26. The van der Waals surface area contributed by atoms with E-state index in [2.05, 4.69) is 17.4 Å². The van der Waals surface area contributed by atoms with Crippen LogP contribution in [-0.4, -0.2) is 19.8 Å². The van der Waals surface area contributed by atoms with E-state index in [9.17, 15) is 4.39 Å². The number of halogens is 1. The minimum Gasteiger partial charge on any atom is -0.491 e. The van der Waals surface area contributed by atoms with E-state index in [1.54, 1.807) is 0 Å². The van der Waals surface area contributed by atoms with Gasteiger partial charge in [-0.25, -0.2) is 4.39 Å². The van der Waals surface area contributed by atoms with Gasteiger partial charge in [-0.1, -0.05) is 18.6 Å². The van der Waals surface area contributed by atoms with Crippen LogP contribution in [0.2, 0.25) is 0 Å². The van der Waals surface area contributed by atoms with Gasteiger partial charge in [0.15, 0.2) is 0 Å². The average molecular weight is 223 g/mol. The summed E-state index contributed by atoms with van der Waals surface area (Å²) in [5, 5.41) is 3.50. The third-order valence-corrected chi connectivity index (χ3v) is 2.94. The van der Waals surface area contributed by atoms with Gasteiger partial charge in [0.05, 0.1) is 0 Å². The molecule has 1 heterocycles. The molecule has 0 aromatic heterocycles. The molecule has 0 spiro atoms. The standard InChI is InChI=1S/C13H18FNO/c14-8-10-16-12-6-4-11(5-7-12)13-3-1-2-9-15-13/h4-7,13,15H,1-3,8-10H2. The molecular formula is C13H18FNO. The van der Waals surface area contributed by atoms with Crippen molar-refractivity contribution in [2.75, 3.05) is 19.8 Å². The maximum absolute atomic E-state index is 11.9. The number of piperidine rings is 1. The molecule has 0 aliphatic carbocycles. The predicted molar refractivity (Wildman–Crippen MR) is 62.5 cm³/mol. The Labute approximate surface area is 95.8 Å². The Balaban J connectivity index is 1.95. The molecule has 1 aromatic carbocycles. The lowest BCUT2D eigenvalue weighted by molar-refractivity contribution is 0.273. The molecule has 1 atom stereocenters. The smallest absolute Gasteiger partial charge is 0.123 e. The highest BCUT2D eigenvalue weighted by Crippen LogP contribution is 2.24. The SMILES string of the molecule is FCCOc1ccc(C2CCCCN2)cc1. The van der Waals surface area contributed by atoms with Crippen LogP contribution in [0.25, 0.3) is 0 Å². The highest BCUT2D eigenvalue weighted by molar-refractivity contribution is 5.29. The summed E-state index contributed by atoms with van der Waals surface area (Å²) in [4.78, 5) is 0. The fourth-order valence-electron chi connectivity index (χ4n) is 2.09. The number of rotatable bonds is 4. The van der Waals surface area contributed by atoms with Crippen molar-refractivity contribution in [1.82, 2.24) is 5.32 Å². The van der Waals surface area contributed by atoms with Crippen LogP contribution in [0.1, 0.15) is 30.9 Å². The van der Waals surface area contributed by atoms with Crippen molar-refractivity contribution in [2.45, 2.75) is 25.3 Å². The van der Waals surface area contributed by atoms with E-state index in [1.165, 1.54) is 24.8 Å². The zero-order chi connectivity index (χ0) is 11.2. The maximum Gasteiger partial charge on any atom is 0.123 e. The van der Waals surface area contributed by atoms with Gasteiger partial charge < -0.3 is 10.1 Å². The molecule has 1 aliphatic rings. The van der Waals surface area contributed by atoms with E-state index < -0.39 is 6.67 Å². The lowest BCUT2D eigenvalue weighted by atomic mass is 9.98. The fraction of sp³-hybridized carbons (Fsp3) is 0.538. The van der Waals surface area contributed by atoms with Gasteiger partial charge in [-0.3, -0.25) is 0 Å². The first-order valence-electron chi connectivity index (χ1n) is 5.92. The van der Waals surface area contributed by atoms with Crippen molar-refractivity contribution in [3.05, 3.63) is 29.8 Å². The summed E-state index contributed by atoms with van der Waals surface area (Å²) >= 11 is 0. The Morgan fingerprint density at radius 2 is 2.06 bits per heavy atom. The van der Waals surface area contributed by atoms with Crippen LogP contribution in [0.15, 0.2) is 24.3 Å². The molecule has 0 amide bonds. The van der Waals surface area contributed by atoms with Crippen molar-refractivity contribution in [3.63, 3.8) is 0 Å². The molecule has 1 aliphatic heterocycles. The zero-order valence-electron chi connectivity index (χ0n) is 9.42. The first-order valence-corrected chi connectivity index (χ1v) is 5.92. The Kier molecular flexibility index (Phi) is 4.17. The molecule has 2 rings (SSSR count). The summed E-state index contributed by atoms with van der Waals surface area (Å²) in [5.74, 6) is 0.747. The van der Waals surface area contributed by atoms with Gasteiger partial charge in [-0.2, -0.15) is 0 Å². The maximum atomic E-state index is 11.9. The van der Waals surface area contributed by atoms with E-state index in [1.807, 2.05) is 12.1 Å². The number of alkyl halides is 1. The lowest BCUT2D eigenvalue weighted by Gasteiger charge is -2.23. The number of ether oxygens (including phenoxy) is 1. The molecule has 3 heteroatoms. The van der Waals surface area contributed by atoms with Crippen molar-refractivity contribution in [2.24, 2.45) is 0 Å². The second-order valence-corrected chi connectivity index (χ2v) is 4.11. The third-order valence-electron chi connectivity index (χ3n) is 2.94. The van der Waals surface area contributed by atoms with E-state index in [4.69, 9.17) is 4.74 Å². The van der Waals surface area contributed by atoms with Crippen molar-refractivity contribution >= 4 is 0 Å². The number of nitrogens with one attached hydrogen (secondary N) is 1. The molecule has 1 aromatic rings. The monoisotopic (exact) mass is 223 g/mol. The van der Waals surface area contributed by atoms with Gasteiger partial charge in [0.2, 0.25) is 0 Å². The fourth-order valence-corrected chi connectivity index (χ4v) is 2.09. The van der Waals surface area contributed by atoms with Crippen LogP contribution in [0.3, 0.4) is 0 Å². The van der Waals surface area contributed by atoms with E-state index in [-0.39, 0.29) is 6.61 Å². The molecular weight excluding hydrogens is 205 g/mol. The van der Waals surface area contributed by atoms with Gasteiger partial charge in [0.25, 0.3) is 0 Å². The summed E-state index contributed by atoms with van der Waals surface area (Å²) in [7, 11) is 0. The van der Waals surface area contributed by atoms with Crippen LogP contribution in [0.5, 0.6) is 5.75 Å². The Bertz CT molecular complexity index is 306. The first kappa shape index (κ1) is 11.4. The van der Waals surface area contributed by atoms with Gasteiger partial charge in [0, 0.05) is 6.04 Å². The van der Waals surface area contributed by atoms with Crippen molar-refractivity contribution < 1.29 is 9.13 Å². The summed E-state index contributed by atoms with van der Waals surface area (Å²) in [6, 6.07) is 8.44. The van der Waals surface area contributed by atoms with Crippen LogP contribution in [0, 0.1) is 0 Å². The minimum absolute atomic E-state index is 0.140. The Morgan fingerprint density at radius 3 is 2.69 bits per heavy atom. The minimum atomic E-state index is -0.439. The highest BCUT2D eigenvalue weighted by atomic mass is 19.1. The van der Waals surface area contributed by atoms with Crippen molar-refractivity contribution in [3.8, 4) is 5.75 Å². The molecule has 1 saturated heterocycles. The van der Waals surface area contributed by atoms with E-state index >= 15 is 0 Å². The normalized spacial score (nSPS) is 20.7. The van der Waals surface area contributed by atoms with Gasteiger partial charge in [0.1, 0.15) is 19.0 Å². The summed E-state index contributed by atoms with van der Waals surface area (Å²) in [5.41, 5.74) is 1.30. The highest BCUT2D eigenvalue weighted by Gasteiger charge is 2.14. The van der Waals surface area contributed by atoms with Gasteiger partial charge >= 0.3 is 0 Å². The summed E-state index contributed by atoms with van der Waals surface area (Å²) in [6.45, 7) is 0.803. The largest absolute Gasteiger partial charge is 0.491 e. The number of benzene rings is 1. The Hall–Kier alpha value is -1.09. The molecule has 0 bridgehead atoms. The Morgan fingerprint density at radius 1 is 1.25 bits per heavy atom. The zero-order valence-corrected chi connectivity index (χ0v) is 9.42. The summed E-state index contributed by atoms with van der Waals surface area (Å²) in [6.07, 6.45) is 3.76. The quantitative estimate of drug-likeness (QED) is 0.847. The van der Waals surface area contributed by atoms with Crippen LogP contribution in [-0.2, 0) is 0 Å².